The molecular formula is C22H20N4O7S. The van der Waals surface area contributed by atoms with Gasteiger partial charge in [0.25, 0.3) is 11.6 Å². The lowest BCUT2D eigenvalue weighted by Gasteiger charge is -2.17. The number of amides is 1. The smallest absolute Gasteiger partial charge is 0.419 e. The number of oxazole rings is 1. The number of likely N-dealkylation sites (N-methyl/N-ethyl adjacent to an activating group) is 1. The Kier molecular flexibility index (Phi) is 6.68. The second-order valence-electron chi connectivity index (χ2n) is 7.30. The third-order valence-corrected chi connectivity index (χ3v) is 6.17. The number of ether oxygens (including phenoxy) is 1. The monoisotopic (exact) mass is 484 g/mol. The SMILES string of the molecule is CCN(C(=O)COC(=O)CCCn1c(=O)oc2cc([N+](=O)[O-])ccc21)c1nc2ccccc2s1. The number of para-hydroxylation sites is 1. The van der Waals surface area contributed by atoms with Crippen LogP contribution in [0.15, 0.2) is 51.7 Å². The van der Waals surface area contributed by atoms with E-state index in [2.05, 4.69) is 4.98 Å². The number of nitro groups is 1. The minimum absolute atomic E-state index is 0.0212. The fourth-order valence-electron chi connectivity index (χ4n) is 3.45. The Morgan fingerprint density at radius 1 is 1.26 bits per heavy atom. The van der Waals surface area contributed by atoms with Crippen LogP contribution in [-0.4, -0.2) is 39.5 Å². The summed E-state index contributed by atoms with van der Waals surface area (Å²) in [6, 6.07) is 11.4. The summed E-state index contributed by atoms with van der Waals surface area (Å²) in [5, 5.41) is 11.4. The van der Waals surface area contributed by atoms with Crippen molar-refractivity contribution in [2.75, 3.05) is 18.1 Å². The molecule has 0 spiro atoms. The van der Waals surface area contributed by atoms with Crippen LogP contribution < -0.4 is 10.7 Å². The number of fused-ring (bicyclic) bond motifs is 2. The number of hydrogen-bond donors (Lipinski definition) is 0. The molecule has 12 heteroatoms. The van der Waals surface area contributed by atoms with Crippen molar-refractivity contribution < 1.29 is 23.7 Å². The van der Waals surface area contributed by atoms with Gasteiger partial charge in [-0.3, -0.25) is 29.2 Å². The lowest BCUT2D eigenvalue weighted by molar-refractivity contribution is -0.384. The summed E-state index contributed by atoms with van der Waals surface area (Å²) in [5.41, 5.74) is 1.10. The molecule has 0 fully saturated rings. The first-order chi connectivity index (χ1) is 16.4. The van der Waals surface area contributed by atoms with Crippen molar-refractivity contribution in [2.24, 2.45) is 0 Å². The summed E-state index contributed by atoms with van der Waals surface area (Å²) >= 11 is 1.38. The number of rotatable bonds is 9. The van der Waals surface area contributed by atoms with E-state index in [1.807, 2.05) is 31.2 Å². The summed E-state index contributed by atoms with van der Waals surface area (Å²) in [6.45, 7) is 1.93. The van der Waals surface area contributed by atoms with Crippen molar-refractivity contribution >= 4 is 55.3 Å². The number of aromatic nitrogens is 2. The molecule has 0 aliphatic carbocycles. The van der Waals surface area contributed by atoms with Gasteiger partial charge in [0.1, 0.15) is 0 Å². The standard InChI is InChI=1S/C22H20N4O7S/c1-2-24(21-23-15-6-3-4-7-18(15)34-21)19(27)13-32-20(28)8-5-11-25-16-10-9-14(26(30)31)12-17(16)33-22(25)29/h3-4,6-7,9-10,12H,2,5,8,11,13H2,1H3. The van der Waals surface area contributed by atoms with Crippen LogP contribution in [0.3, 0.4) is 0 Å². The quantitative estimate of drug-likeness (QED) is 0.200. The van der Waals surface area contributed by atoms with Crippen LogP contribution in [0.1, 0.15) is 19.8 Å². The number of carbonyl (C=O) groups is 2. The zero-order chi connectivity index (χ0) is 24.2. The maximum atomic E-state index is 12.6. The Balaban J connectivity index is 1.31. The molecule has 11 nitrogen and oxygen atoms in total. The molecule has 0 saturated carbocycles. The van der Waals surface area contributed by atoms with E-state index >= 15 is 0 Å². The van der Waals surface area contributed by atoms with Gasteiger partial charge in [0.15, 0.2) is 17.3 Å². The number of benzene rings is 2. The Morgan fingerprint density at radius 3 is 2.79 bits per heavy atom. The Hall–Kier alpha value is -4.06. The number of aryl methyl sites for hydroxylation is 1. The molecule has 4 rings (SSSR count). The first-order valence-electron chi connectivity index (χ1n) is 10.5. The van der Waals surface area contributed by atoms with E-state index in [1.54, 1.807) is 0 Å². The summed E-state index contributed by atoms with van der Waals surface area (Å²) < 4.78 is 12.4. The molecule has 0 aliphatic heterocycles. The first-order valence-corrected chi connectivity index (χ1v) is 11.3. The van der Waals surface area contributed by atoms with E-state index in [-0.39, 0.29) is 36.6 Å². The van der Waals surface area contributed by atoms with Crippen LogP contribution in [0.5, 0.6) is 0 Å². The Labute approximate surface area is 196 Å². The van der Waals surface area contributed by atoms with E-state index < -0.39 is 23.3 Å². The van der Waals surface area contributed by atoms with Gasteiger partial charge in [-0.25, -0.2) is 9.78 Å². The number of esters is 1. The number of non-ortho nitro benzene ring substituents is 1. The van der Waals surface area contributed by atoms with Crippen molar-refractivity contribution in [3.8, 4) is 0 Å². The van der Waals surface area contributed by atoms with E-state index in [0.717, 1.165) is 10.2 Å². The Morgan fingerprint density at radius 2 is 2.06 bits per heavy atom. The van der Waals surface area contributed by atoms with Gasteiger partial charge in [0, 0.05) is 25.6 Å². The highest BCUT2D eigenvalue weighted by Gasteiger charge is 2.20. The molecule has 0 aliphatic rings. The van der Waals surface area contributed by atoms with Gasteiger partial charge >= 0.3 is 11.7 Å². The number of nitrogens with zero attached hydrogens (tertiary/aromatic N) is 4. The molecule has 0 radical (unpaired) electrons. The molecule has 176 valence electrons. The summed E-state index contributed by atoms with van der Waals surface area (Å²) in [5.74, 6) is -1.63. The fourth-order valence-corrected chi connectivity index (χ4v) is 4.49. The molecular weight excluding hydrogens is 464 g/mol. The molecule has 0 unspecified atom stereocenters. The minimum Gasteiger partial charge on any atom is -0.456 e. The highest BCUT2D eigenvalue weighted by atomic mass is 32.1. The number of hydrogen-bond acceptors (Lipinski definition) is 9. The summed E-state index contributed by atoms with van der Waals surface area (Å²) in [6.07, 6.45) is 0.237. The lowest BCUT2D eigenvalue weighted by atomic mass is 10.2. The van der Waals surface area contributed by atoms with E-state index in [0.29, 0.717) is 17.2 Å². The molecule has 0 bridgehead atoms. The van der Waals surface area contributed by atoms with Gasteiger partial charge in [-0.2, -0.15) is 0 Å². The van der Waals surface area contributed by atoms with Crippen molar-refractivity contribution in [1.82, 2.24) is 9.55 Å². The van der Waals surface area contributed by atoms with Crippen LogP contribution in [-0.2, 0) is 20.9 Å². The number of anilines is 1. The third-order valence-electron chi connectivity index (χ3n) is 5.11. The van der Waals surface area contributed by atoms with Crippen LogP contribution in [0.4, 0.5) is 10.8 Å². The number of nitro benzene ring substituents is 1. The molecule has 0 N–H and O–H groups in total. The van der Waals surface area contributed by atoms with Crippen LogP contribution >= 0.6 is 11.3 Å². The van der Waals surface area contributed by atoms with E-state index in [4.69, 9.17) is 9.15 Å². The van der Waals surface area contributed by atoms with Gasteiger partial charge in [0.05, 0.1) is 26.7 Å². The van der Waals surface area contributed by atoms with E-state index in [1.165, 1.54) is 39.0 Å². The zero-order valence-corrected chi connectivity index (χ0v) is 18.9. The van der Waals surface area contributed by atoms with Crippen LogP contribution in [0, 0.1) is 10.1 Å². The Bertz CT molecular complexity index is 1410. The number of carbonyl (C=O) groups excluding carboxylic acids is 2. The second kappa shape index (κ2) is 9.83. The van der Waals surface area contributed by atoms with Gasteiger partial charge in [-0.1, -0.05) is 23.5 Å². The van der Waals surface area contributed by atoms with Crippen LogP contribution in [0.2, 0.25) is 0 Å². The second-order valence-corrected chi connectivity index (χ2v) is 8.30. The molecule has 34 heavy (non-hydrogen) atoms. The largest absolute Gasteiger partial charge is 0.456 e. The van der Waals surface area contributed by atoms with E-state index in [9.17, 15) is 24.5 Å². The molecule has 2 heterocycles. The highest BCUT2D eigenvalue weighted by molar-refractivity contribution is 7.22. The summed E-state index contributed by atoms with van der Waals surface area (Å²) in [7, 11) is 0. The van der Waals surface area contributed by atoms with Gasteiger partial charge < -0.3 is 9.15 Å². The normalized spacial score (nSPS) is 11.1. The topological polar surface area (TPSA) is 138 Å². The van der Waals surface area contributed by atoms with Gasteiger partial charge in [-0.15, -0.1) is 0 Å². The van der Waals surface area contributed by atoms with Crippen molar-refractivity contribution in [3.05, 3.63) is 63.1 Å². The molecule has 0 saturated heterocycles. The average Bonchev–Trinajstić information content (AvgIpc) is 3.38. The number of thiazole rings is 1. The minimum atomic E-state index is -0.673. The van der Waals surface area contributed by atoms with Crippen molar-refractivity contribution in [3.63, 3.8) is 0 Å². The molecule has 1 amide bonds. The average molecular weight is 484 g/mol. The lowest BCUT2D eigenvalue weighted by Crippen LogP contribution is -2.34. The molecule has 2 aromatic carbocycles. The predicted octanol–water partition coefficient (Wildman–Crippen LogP) is 3.49. The first kappa shape index (κ1) is 23.1. The zero-order valence-electron chi connectivity index (χ0n) is 18.1. The maximum Gasteiger partial charge on any atom is 0.419 e. The maximum absolute atomic E-state index is 12.6. The highest BCUT2D eigenvalue weighted by Crippen LogP contribution is 2.28. The third kappa shape index (κ3) is 4.81. The molecule has 0 atom stereocenters. The fraction of sp³-hybridized carbons (Fsp3) is 0.273. The molecule has 4 aromatic rings. The van der Waals surface area contributed by atoms with Crippen molar-refractivity contribution in [2.45, 2.75) is 26.3 Å². The molecule has 2 aromatic heterocycles. The van der Waals surface area contributed by atoms with Gasteiger partial charge in [-0.05, 0) is 31.5 Å². The summed E-state index contributed by atoms with van der Waals surface area (Å²) in [4.78, 5) is 53.0. The van der Waals surface area contributed by atoms with Gasteiger partial charge in [0.2, 0.25) is 0 Å². The van der Waals surface area contributed by atoms with Crippen molar-refractivity contribution in [1.29, 1.82) is 0 Å². The van der Waals surface area contributed by atoms with Crippen LogP contribution in [0.25, 0.3) is 21.3 Å². The predicted molar refractivity (Wildman–Crippen MR) is 125 cm³/mol.